The van der Waals surface area contributed by atoms with Gasteiger partial charge in [-0.1, -0.05) is 29.2 Å². The highest BCUT2D eigenvalue weighted by molar-refractivity contribution is 8.01. The van der Waals surface area contributed by atoms with Crippen LogP contribution in [0.2, 0.25) is 0 Å². The molecule has 0 aliphatic heterocycles. The van der Waals surface area contributed by atoms with E-state index in [9.17, 15) is 4.39 Å². The zero-order valence-corrected chi connectivity index (χ0v) is 10.4. The average Bonchev–Trinajstić information content (AvgIpc) is 2.74. The first kappa shape index (κ1) is 12.3. The van der Waals surface area contributed by atoms with Gasteiger partial charge in [0.05, 0.1) is 6.61 Å². The van der Waals surface area contributed by atoms with Crippen LogP contribution in [0.15, 0.2) is 28.6 Å². The number of benzene rings is 1. The van der Waals surface area contributed by atoms with Crippen molar-refractivity contribution in [2.24, 2.45) is 0 Å². The normalized spacial score (nSPS) is 10.5. The van der Waals surface area contributed by atoms with E-state index in [2.05, 4.69) is 15.5 Å². The number of aromatic nitrogens is 2. The molecule has 0 unspecified atom stereocenters. The van der Waals surface area contributed by atoms with Crippen molar-refractivity contribution in [1.82, 2.24) is 10.2 Å². The maximum absolute atomic E-state index is 12.9. The summed E-state index contributed by atoms with van der Waals surface area (Å²) in [6.07, 6.45) is 0. The van der Waals surface area contributed by atoms with Crippen LogP contribution in [-0.4, -0.2) is 27.7 Å². The number of thioether (sulfide) groups is 1. The first-order valence-corrected chi connectivity index (χ1v) is 6.68. The standard InChI is InChI=1S/C10H10FN3OS2/c11-7-2-1-3-8(6-7)12-9-13-14-10(17-9)16-5-4-15/h1-3,6,15H,4-5H2,(H,12,13). The van der Waals surface area contributed by atoms with Crippen LogP contribution in [0.3, 0.4) is 0 Å². The van der Waals surface area contributed by atoms with E-state index in [1.54, 1.807) is 12.1 Å². The molecular weight excluding hydrogens is 261 g/mol. The predicted molar refractivity (Wildman–Crippen MR) is 67.4 cm³/mol. The van der Waals surface area contributed by atoms with Gasteiger partial charge in [0, 0.05) is 11.4 Å². The van der Waals surface area contributed by atoms with Gasteiger partial charge in [0.15, 0.2) is 4.34 Å². The molecule has 1 heterocycles. The SMILES string of the molecule is OCCSc1nnc(Nc2cccc(F)c2)s1. The summed E-state index contributed by atoms with van der Waals surface area (Å²) >= 11 is 2.81. The fourth-order valence-electron chi connectivity index (χ4n) is 1.14. The Morgan fingerprint density at radius 2 is 2.29 bits per heavy atom. The number of nitrogens with one attached hydrogen (secondary N) is 1. The van der Waals surface area contributed by atoms with Crippen LogP contribution in [0.4, 0.5) is 15.2 Å². The summed E-state index contributed by atoms with van der Waals surface area (Å²) in [6, 6.07) is 6.15. The molecule has 0 radical (unpaired) electrons. The molecule has 0 spiro atoms. The topological polar surface area (TPSA) is 58.0 Å². The first-order chi connectivity index (χ1) is 8.28. The van der Waals surface area contributed by atoms with E-state index in [1.165, 1.54) is 35.2 Å². The Labute approximate surface area is 106 Å². The highest BCUT2D eigenvalue weighted by atomic mass is 32.2. The highest BCUT2D eigenvalue weighted by Gasteiger charge is 2.04. The molecule has 0 fully saturated rings. The van der Waals surface area contributed by atoms with Crippen LogP contribution >= 0.6 is 23.1 Å². The summed E-state index contributed by atoms with van der Waals surface area (Å²) in [5.74, 6) is 0.295. The Morgan fingerprint density at radius 3 is 3.06 bits per heavy atom. The first-order valence-electron chi connectivity index (χ1n) is 4.87. The molecule has 0 aliphatic carbocycles. The maximum Gasteiger partial charge on any atom is 0.210 e. The van der Waals surface area contributed by atoms with Gasteiger partial charge in [-0.15, -0.1) is 10.2 Å². The molecule has 90 valence electrons. The van der Waals surface area contributed by atoms with Crippen molar-refractivity contribution in [2.45, 2.75) is 4.34 Å². The van der Waals surface area contributed by atoms with E-state index in [-0.39, 0.29) is 12.4 Å². The summed E-state index contributed by atoms with van der Waals surface area (Å²) in [6.45, 7) is 0.108. The van der Waals surface area contributed by atoms with Crippen molar-refractivity contribution in [3.8, 4) is 0 Å². The third kappa shape index (κ3) is 3.65. The number of nitrogens with zero attached hydrogens (tertiary/aromatic N) is 2. The Kier molecular flexibility index (Phi) is 4.29. The molecule has 2 N–H and O–H groups in total. The lowest BCUT2D eigenvalue weighted by Crippen LogP contribution is -1.89. The van der Waals surface area contributed by atoms with Crippen molar-refractivity contribution in [3.63, 3.8) is 0 Å². The molecule has 7 heteroatoms. The van der Waals surface area contributed by atoms with Gasteiger partial charge in [-0.2, -0.15) is 0 Å². The summed E-state index contributed by atoms with van der Waals surface area (Å²) in [5, 5.41) is 20.1. The zero-order valence-electron chi connectivity index (χ0n) is 8.76. The van der Waals surface area contributed by atoms with Crippen molar-refractivity contribution in [2.75, 3.05) is 17.7 Å². The number of halogens is 1. The fourth-order valence-corrected chi connectivity index (χ4v) is 2.73. The van der Waals surface area contributed by atoms with E-state index in [0.717, 1.165) is 4.34 Å². The lowest BCUT2D eigenvalue weighted by molar-refractivity contribution is 0.322. The van der Waals surface area contributed by atoms with Gasteiger partial charge in [-0.3, -0.25) is 0 Å². The molecule has 0 aliphatic rings. The van der Waals surface area contributed by atoms with E-state index in [1.807, 2.05) is 0 Å². The molecular formula is C10H10FN3OS2. The average molecular weight is 271 g/mol. The van der Waals surface area contributed by atoms with Crippen LogP contribution in [0.5, 0.6) is 0 Å². The second kappa shape index (κ2) is 5.95. The molecule has 1 aromatic heterocycles. The van der Waals surface area contributed by atoms with Crippen LogP contribution < -0.4 is 5.32 Å². The second-order valence-corrected chi connectivity index (χ2v) is 5.40. The Hall–Kier alpha value is -1.18. The van der Waals surface area contributed by atoms with Gasteiger partial charge in [-0.25, -0.2) is 4.39 Å². The van der Waals surface area contributed by atoms with Gasteiger partial charge < -0.3 is 10.4 Å². The number of aliphatic hydroxyl groups is 1. The largest absolute Gasteiger partial charge is 0.396 e. The van der Waals surface area contributed by atoms with Crippen LogP contribution in [0, 0.1) is 5.82 Å². The molecule has 0 amide bonds. The third-order valence-electron chi connectivity index (χ3n) is 1.80. The number of hydrogen-bond donors (Lipinski definition) is 2. The minimum Gasteiger partial charge on any atom is -0.396 e. The molecule has 2 rings (SSSR count). The lowest BCUT2D eigenvalue weighted by Gasteiger charge is -2.00. The molecule has 4 nitrogen and oxygen atoms in total. The van der Waals surface area contributed by atoms with Crippen LogP contribution in [-0.2, 0) is 0 Å². The zero-order chi connectivity index (χ0) is 12.1. The summed E-state index contributed by atoms with van der Waals surface area (Å²) in [7, 11) is 0. The molecule has 0 saturated heterocycles. The lowest BCUT2D eigenvalue weighted by atomic mass is 10.3. The second-order valence-electron chi connectivity index (χ2n) is 3.08. The minimum atomic E-state index is -0.297. The predicted octanol–water partition coefficient (Wildman–Crippen LogP) is 2.51. The maximum atomic E-state index is 12.9. The smallest absolute Gasteiger partial charge is 0.210 e. The molecule has 0 atom stereocenters. The number of aliphatic hydroxyl groups excluding tert-OH is 1. The highest BCUT2D eigenvalue weighted by Crippen LogP contribution is 2.27. The van der Waals surface area contributed by atoms with Gasteiger partial charge in [-0.05, 0) is 18.2 Å². The summed E-state index contributed by atoms with van der Waals surface area (Å²) < 4.78 is 13.7. The van der Waals surface area contributed by atoms with E-state index >= 15 is 0 Å². The van der Waals surface area contributed by atoms with Gasteiger partial charge in [0.1, 0.15) is 5.82 Å². The van der Waals surface area contributed by atoms with Crippen molar-refractivity contribution >= 4 is 33.9 Å². The third-order valence-corrected chi connectivity index (χ3v) is 3.75. The van der Waals surface area contributed by atoms with E-state index in [4.69, 9.17) is 5.11 Å². The molecule has 0 saturated carbocycles. The van der Waals surface area contributed by atoms with Gasteiger partial charge in [0.25, 0.3) is 0 Å². The van der Waals surface area contributed by atoms with Gasteiger partial charge >= 0.3 is 0 Å². The molecule has 2 aromatic rings. The molecule has 1 aromatic carbocycles. The summed E-state index contributed by atoms with van der Waals surface area (Å²) in [4.78, 5) is 0. The van der Waals surface area contributed by atoms with Crippen molar-refractivity contribution in [1.29, 1.82) is 0 Å². The Bertz CT molecular complexity index is 492. The van der Waals surface area contributed by atoms with E-state index in [0.29, 0.717) is 16.6 Å². The number of rotatable bonds is 5. The van der Waals surface area contributed by atoms with Crippen molar-refractivity contribution in [3.05, 3.63) is 30.1 Å². The minimum absolute atomic E-state index is 0.108. The van der Waals surface area contributed by atoms with Crippen LogP contribution in [0.1, 0.15) is 0 Å². The molecule has 17 heavy (non-hydrogen) atoms. The fraction of sp³-hybridized carbons (Fsp3) is 0.200. The quantitative estimate of drug-likeness (QED) is 0.818. The van der Waals surface area contributed by atoms with Gasteiger partial charge in [0.2, 0.25) is 5.13 Å². The van der Waals surface area contributed by atoms with E-state index < -0.39 is 0 Å². The monoisotopic (exact) mass is 271 g/mol. The number of hydrogen-bond acceptors (Lipinski definition) is 6. The van der Waals surface area contributed by atoms with Crippen LogP contribution in [0.25, 0.3) is 0 Å². The molecule has 0 bridgehead atoms. The van der Waals surface area contributed by atoms with Crippen molar-refractivity contribution < 1.29 is 9.50 Å². The summed E-state index contributed by atoms with van der Waals surface area (Å²) in [5.41, 5.74) is 0.639. The number of anilines is 2. The Balaban J connectivity index is 2.01. The Morgan fingerprint density at radius 1 is 1.41 bits per heavy atom.